The van der Waals surface area contributed by atoms with Gasteiger partial charge in [0.05, 0.1) is 18.5 Å². The molecule has 2 amide bonds. The molecule has 172 valence electrons. The number of aromatic nitrogens is 4. The van der Waals surface area contributed by atoms with E-state index in [9.17, 15) is 9.59 Å². The van der Waals surface area contributed by atoms with Crippen LogP contribution < -0.4 is 15.5 Å². The third-order valence-electron chi connectivity index (χ3n) is 5.11. The van der Waals surface area contributed by atoms with Gasteiger partial charge in [-0.3, -0.25) is 14.7 Å². The molecule has 1 aliphatic rings. The van der Waals surface area contributed by atoms with E-state index in [4.69, 9.17) is 4.74 Å². The molecule has 1 atom stereocenters. The van der Waals surface area contributed by atoms with Crippen LogP contribution in [-0.4, -0.2) is 71.1 Å². The Morgan fingerprint density at radius 2 is 2.15 bits per heavy atom. The largest absolute Gasteiger partial charge is 0.383 e. The SMILES string of the molecule is COCCNc1cc2c(cn1)N(C)C(=O)[C@@H](NC(=O)c1n[nH]c(Cc3ccccc3)n1)CS2. The van der Waals surface area contributed by atoms with Gasteiger partial charge in [-0.25, -0.2) is 9.97 Å². The maximum absolute atomic E-state index is 13.0. The second-order valence-electron chi connectivity index (χ2n) is 7.46. The Balaban J connectivity index is 1.41. The minimum absolute atomic E-state index is 0.00874. The van der Waals surface area contributed by atoms with Crippen LogP contribution in [0.4, 0.5) is 11.5 Å². The Kier molecular flexibility index (Phi) is 7.20. The number of thioether (sulfide) groups is 1. The number of amides is 2. The number of carbonyl (C=O) groups is 2. The lowest BCUT2D eigenvalue weighted by Gasteiger charge is -2.21. The van der Waals surface area contributed by atoms with Crippen molar-refractivity contribution in [3.05, 3.63) is 59.8 Å². The number of benzene rings is 1. The molecule has 10 nitrogen and oxygen atoms in total. The van der Waals surface area contributed by atoms with Gasteiger partial charge in [0.15, 0.2) is 0 Å². The number of aromatic amines is 1. The van der Waals surface area contributed by atoms with Gasteiger partial charge in [0.1, 0.15) is 17.7 Å². The molecule has 0 fully saturated rings. The highest BCUT2D eigenvalue weighted by atomic mass is 32.2. The lowest BCUT2D eigenvalue weighted by Crippen LogP contribution is -2.48. The number of hydrogen-bond donors (Lipinski definition) is 3. The Hall–Kier alpha value is -3.44. The van der Waals surface area contributed by atoms with Gasteiger partial charge in [0.25, 0.3) is 5.91 Å². The first-order chi connectivity index (χ1) is 16.0. The molecule has 33 heavy (non-hydrogen) atoms. The number of rotatable bonds is 8. The summed E-state index contributed by atoms with van der Waals surface area (Å²) >= 11 is 1.49. The summed E-state index contributed by atoms with van der Waals surface area (Å²) in [5.41, 5.74) is 1.75. The molecule has 0 unspecified atom stereocenters. The molecule has 2 aromatic heterocycles. The fraction of sp³-hybridized carbons (Fsp3) is 0.318. The smallest absolute Gasteiger partial charge is 0.291 e. The zero-order valence-corrected chi connectivity index (χ0v) is 19.2. The predicted octanol–water partition coefficient (Wildman–Crippen LogP) is 1.72. The number of H-pyrrole nitrogens is 1. The molecule has 0 saturated heterocycles. The van der Waals surface area contributed by atoms with Gasteiger partial charge in [-0.1, -0.05) is 30.3 Å². The van der Waals surface area contributed by atoms with Gasteiger partial charge < -0.3 is 20.3 Å². The van der Waals surface area contributed by atoms with Gasteiger partial charge in [-0.2, -0.15) is 0 Å². The summed E-state index contributed by atoms with van der Waals surface area (Å²) in [6, 6.07) is 11.0. The molecule has 0 bridgehead atoms. The standard InChI is InChI=1S/C22H25N7O3S/c1-29-16-12-24-18(23-8-9-32-2)11-17(16)33-13-15(22(29)31)25-21(30)20-26-19(27-28-20)10-14-6-4-3-5-7-14/h3-7,11-12,15H,8-10,13H2,1-2H3,(H,23,24)(H,25,30)(H,26,27,28)/t15-/m0/s1. The summed E-state index contributed by atoms with van der Waals surface area (Å²) in [5, 5.41) is 12.8. The first-order valence-corrected chi connectivity index (χ1v) is 11.4. The van der Waals surface area contributed by atoms with Crippen LogP contribution in [0.1, 0.15) is 22.0 Å². The molecule has 1 aromatic carbocycles. The van der Waals surface area contributed by atoms with Crippen LogP contribution in [0.3, 0.4) is 0 Å². The van der Waals surface area contributed by atoms with E-state index in [0.29, 0.717) is 42.7 Å². The minimum Gasteiger partial charge on any atom is -0.383 e. The lowest BCUT2D eigenvalue weighted by molar-refractivity contribution is -0.119. The fourth-order valence-corrected chi connectivity index (χ4v) is 4.47. The van der Waals surface area contributed by atoms with E-state index in [1.165, 1.54) is 16.7 Å². The quantitative estimate of drug-likeness (QED) is 0.428. The summed E-state index contributed by atoms with van der Waals surface area (Å²) in [6.45, 7) is 1.19. The van der Waals surface area contributed by atoms with Gasteiger partial charge in [-0.15, -0.1) is 16.9 Å². The summed E-state index contributed by atoms with van der Waals surface area (Å²) in [5.74, 6) is 0.949. The second kappa shape index (κ2) is 10.5. The van der Waals surface area contributed by atoms with E-state index in [-0.39, 0.29) is 11.7 Å². The van der Waals surface area contributed by atoms with Crippen molar-refractivity contribution in [3.8, 4) is 0 Å². The van der Waals surface area contributed by atoms with E-state index >= 15 is 0 Å². The van der Waals surface area contributed by atoms with Gasteiger partial charge in [-0.05, 0) is 11.6 Å². The molecule has 1 aliphatic heterocycles. The van der Waals surface area contributed by atoms with Crippen LogP contribution in [0.15, 0.2) is 47.5 Å². The van der Waals surface area contributed by atoms with E-state index in [0.717, 1.165) is 10.5 Å². The van der Waals surface area contributed by atoms with Crippen LogP contribution in [0.5, 0.6) is 0 Å². The molecule has 3 aromatic rings. The molecule has 4 rings (SSSR count). The number of hydrogen-bond acceptors (Lipinski definition) is 8. The summed E-state index contributed by atoms with van der Waals surface area (Å²) in [4.78, 5) is 36.8. The van der Waals surface area contributed by atoms with Crippen LogP contribution >= 0.6 is 11.8 Å². The number of anilines is 2. The first-order valence-electron chi connectivity index (χ1n) is 10.4. The summed E-state index contributed by atoms with van der Waals surface area (Å²) in [6.07, 6.45) is 2.19. The van der Waals surface area contributed by atoms with Crippen LogP contribution in [-0.2, 0) is 16.0 Å². The van der Waals surface area contributed by atoms with E-state index in [1.54, 1.807) is 20.4 Å². The van der Waals surface area contributed by atoms with Crippen molar-refractivity contribution in [3.63, 3.8) is 0 Å². The summed E-state index contributed by atoms with van der Waals surface area (Å²) in [7, 11) is 3.32. The molecule has 11 heteroatoms. The van der Waals surface area contributed by atoms with Crippen molar-refractivity contribution in [2.75, 3.05) is 43.3 Å². The number of ether oxygens (including phenoxy) is 1. The molecular formula is C22H25N7O3S. The van der Waals surface area contributed by atoms with Crippen LogP contribution in [0.2, 0.25) is 0 Å². The Morgan fingerprint density at radius 1 is 1.33 bits per heavy atom. The predicted molar refractivity (Wildman–Crippen MR) is 126 cm³/mol. The Morgan fingerprint density at radius 3 is 2.94 bits per heavy atom. The third kappa shape index (κ3) is 5.49. The second-order valence-corrected chi connectivity index (χ2v) is 8.52. The monoisotopic (exact) mass is 467 g/mol. The average Bonchev–Trinajstić information content (AvgIpc) is 3.26. The van der Waals surface area contributed by atoms with Gasteiger partial charge >= 0.3 is 0 Å². The minimum atomic E-state index is -0.721. The molecule has 3 N–H and O–H groups in total. The highest BCUT2D eigenvalue weighted by molar-refractivity contribution is 7.99. The van der Waals surface area contributed by atoms with Crippen molar-refractivity contribution >= 4 is 35.1 Å². The molecule has 0 saturated carbocycles. The summed E-state index contributed by atoms with van der Waals surface area (Å²) < 4.78 is 5.04. The maximum Gasteiger partial charge on any atom is 0.291 e. The van der Waals surface area contributed by atoms with Crippen LogP contribution in [0, 0.1) is 0 Å². The lowest BCUT2D eigenvalue weighted by atomic mass is 10.1. The molecule has 3 heterocycles. The van der Waals surface area contributed by atoms with Gasteiger partial charge in [0.2, 0.25) is 11.7 Å². The van der Waals surface area contributed by atoms with Crippen molar-refractivity contribution < 1.29 is 14.3 Å². The highest BCUT2D eigenvalue weighted by Gasteiger charge is 2.31. The normalized spacial score (nSPS) is 15.6. The molecule has 0 aliphatic carbocycles. The number of likely N-dealkylation sites (N-methyl/N-ethyl adjacent to an activating group) is 1. The van der Waals surface area contributed by atoms with Crippen molar-refractivity contribution in [1.29, 1.82) is 0 Å². The fourth-order valence-electron chi connectivity index (χ4n) is 3.36. The van der Waals surface area contributed by atoms with E-state index in [2.05, 4.69) is 30.8 Å². The molecule has 0 radical (unpaired) electrons. The van der Waals surface area contributed by atoms with E-state index < -0.39 is 11.9 Å². The zero-order chi connectivity index (χ0) is 23.2. The number of fused-ring (bicyclic) bond motifs is 1. The van der Waals surface area contributed by atoms with Crippen molar-refractivity contribution in [1.82, 2.24) is 25.5 Å². The Bertz CT molecular complexity index is 1120. The van der Waals surface area contributed by atoms with Gasteiger partial charge in [0, 0.05) is 37.8 Å². The number of nitrogens with one attached hydrogen (secondary N) is 3. The average molecular weight is 468 g/mol. The number of methoxy groups -OCH3 is 1. The van der Waals surface area contributed by atoms with Crippen molar-refractivity contribution in [2.24, 2.45) is 0 Å². The van der Waals surface area contributed by atoms with Crippen molar-refractivity contribution in [2.45, 2.75) is 17.4 Å². The maximum atomic E-state index is 13.0. The number of pyridine rings is 1. The number of carbonyl (C=O) groups excluding carboxylic acids is 2. The van der Waals surface area contributed by atoms with Crippen LogP contribution in [0.25, 0.3) is 0 Å². The molecule has 0 spiro atoms. The first kappa shape index (κ1) is 22.7. The third-order valence-corrected chi connectivity index (χ3v) is 6.25. The molecular weight excluding hydrogens is 442 g/mol. The van der Waals surface area contributed by atoms with E-state index in [1.807, 2.05) is 36.4 Å². The zero-order valence-electron chi connectivity index (χ0n) is 18.4. The Labute approximate surface area is 195 Å². The number of nitrogens with zero attached hydrogens (tertiary/aromatic N) is 4. The topological polar surface area (TPSA) is 125 Å². The highest BCUT2D eigenvalue weighted by Crippen LogP contribution is 2.34.